The maximum absolute atomic E-state index is 11.3. The summed E-state index contributed by atoms with van der Waals surface area (Å²) in [5, 5.41) is 5.93. The first-order valence-corrected chi connectivity index (χ1v) is 4.91. The van der Waals surface area contributed by atoms with Gasteiger partial charge in [0.05, 0.1) is 12.1 Å². The van der Waals surface area contributed by atoms with Crippen molar-refractivity contribution in [2.45, 2.75) is 6.42 Å². The number of hydrazine groups is 1. The Morgan fingerprint density at radius 3 is 2.65 bits per heavy atom. The summed E-state index contributed by atoms with van der Waals surface area (Å²) in [5.41, 5.74) is 3.24. The van der Waals surface area contributed by atoms with Crippen molar-refractivity contribution < 1.29 is 4.79 Å². The van der Waals surface area contributed by atoms with E-state index < -0.39 is 0 Å². The van der Waals surface area contributed by atoms with E-state index in [1.54, 1.807) is 24.3 Å². The monoisotopic (exact) mass is 233 g/mol. The van der Waals surface area contributed by atoms with Crippen molar-refractivity contribution in [3.05, 3.63) is 46.6 Å². The first-order chi connectivity index (χ1) is 8.20. The molecule has 0 spiro atoms. The van der Waals surface area contributed by atoms with Crippen molar-refractivity contribution in [2.24, 2.45) is 5.84 Å². The van der Waals surface area contributed by atoms with Crippen LogP contribution < -0.4 is 17.0 Å². The standard InChI is InChI=1S/C10H11N5O2/c11-13-9(16)5-7-1-3-8(4-2-7)15-6-12-14-10(15)17/h1-4,6H,5,11H2,(H,13,16)(H,14,17). The summed E-state index contributed by atoms with van der Waals surface area (Å²) in [4.78, 5) is 22.3. The Hall–Kier alpha value is -2.41. The average Bonchev–Trinajstić information content (AvgIpc) is 2.76. The van der Waals surface area contributed by atoms with Gasteiger partial charge in [-0.3, -0.25) is 10.2 Å². The fourth-order valence-corrected chi connectivity index (χ4v) is 1.44. The second-order valence-corrected chi connectivity index (χ2v) is 3.44. The molecule has 88 valence electrons. The maximum Gasteiger partial charge on any atom is 0.347 e. The number of nitrogens with zero attached hydrogens (tertiary/aromatic N) is 2. The average molecular weight is 233 g/mol. The molecule has 4 N–H and O–H groups in total. The summed E-state index contributed by atoms with van der Waals surface area (Å²) in [5.74, 6) is 4.72. The molecular weight excluding hydrogens is 222 g/mol. The molecule has 0 bridgehead atoms. The molecular formula is C10H11N5O2. The van der Waals surface area contributed by atoms with Crippen molar-refractivity contribution >= 4 is 5.91 Å². The summed E-state index contributed by atoms with van der Waals surface area (Å²) in [6.45, 7) is 0. The van der Waals surface area contributed by atoms with E-state index in [0.717, 1.165) is 5.56 Å². The number of nitrogens with one attached hydrogen (secondary N) is 2. The van der Waals surface area contributed by atoms with E-state index in [9.17, 15) is 9.59 Å². The summed E-state index contributed by atoms with van der Waals surface area (Å²) < 4.78 is 1.37. The fourth-order valence-electron chi connectivity index (χ4n) is 1.44. The van der Waals surface area contributed by atoms with Crippen molar-refractivity contribution in [3.63, 3.8) is 0 Å². The summed E-state index contributed by atoms with van der Waals surface area (Å²) in [7, 11) is 0. The third kappa shape index (κ3) is 2.40. The molecule has 0 aliphatic heterocycles. The zero-order valence-corrected chi connectivity index (χ0v) is 8.88. The highest BCUT2D eigenvalue weighted by molar-refractivity contribution is 5.77. The predicted molar refractivity (Wildman–Crippen MR) is 60.2 cm³/mol. The number of carbonyl (C=O) groups excluding carboxylic acids is 1. The molecule has 1 amide bonds. The third-order valence-corrected chi connectivity index (χ3v) is 2.29. The molecule has 7 heteroatoms. The van der Waals surface area contributed by atoms with E-state index in [4.69, 9.17) is 5.84 Å². The Morgan fingerprint density at radius 2 is 2.12 bits per heavy atom. The van der Waals surface area contributed by atoms with Gasteiger partial charge >= 0.3 is 5.69 Å². The molecule has 1 heterocycles. The minimum atomic E-state index is -0.308. The topological polar surface area (TPSA) is 106 Å². The van der Waals surface area contributed by atoms with E-state index in [-0.39, 0.29) is 18.0 Å². The van der Waals surface area contributed by atoms with Gasteiger partial charge in [0, 0.05) is 0 Å². The second kappa shape index (κ2) is 4.62. The van der Waals surface area contributed by atoms with Crippen LogP contribution in [0.25, 0.3) is 5.69 Å². The number of benzene rings is 1. The number of aromatic amines is 1. The minimum absolute atomic E-state index is 0.205. The molecule has 0 saturated heterocycles. The first-order valence-electron chi connectivity index (χ1n) is 4.91. The van der Waals surface area contributed by atoms with Crippen molar-refractivity contribution in [1.82, 2.24) is 20.2 Å². The number of hydrogen-bond donors (Lipinski definition) is 3. The Bertz CT molecular complexity index is 569. The van der Waals surface area contributed by atoms with Gasteiger partial charge in [-0.15, -0.1) is 0 Å². The van der Waals surface area contributed by atoms with Crippen LogP contribution in [0.1, 0.15) is 5.56 Å². The molecule has 1 aromatic carbocycles. The number of H-pyrrole nitrogens is 1. The van der Waals surface area contributed by atoms with Gasteiger partial charge < -0.3 is 0 Å². The highest BCUT2D eigenvalue weighted by atomic mass is 16.2. The molecule has 1 aromatic heterocycles. The molecule has 17 heavy (non-hydrogen) atoms. The van der Waals surface area contributed by atoms with Crippen LogP contribution >= 0.6 is 0 Å². The third-order valence-electron chi connectivity index (χ3n) is 2.29. The maximum atomic E-state index is 11.3. The van der Waals surface area contributed by atoms with Gasteiger partial charge in [-0.05, 0) is 17.7 Å². The Labute approximate surface area is 96.2 Å². The van der Waals surface area contributed by atoms with Gasteiger partial charge in [-0.2, -0.15) is 5.10 Å². The van der Waals surface area contributed by atoms with E-state index in [2.05, 4.69) is 15.6 Å². The zero-order chi connectivity index (χ0) is 12.3. The van der Waals surface area contributed by atoms with Gasteiger partial charge in [0.2, 0.25) is 5.91 Å². The summed E-state index contributed by atoms with van der Waals surface area (Å²) in [6, 6.07) is 6.97. The minimum Gasteiger partial charge on any atom is -0.294 e. The van der Waals surface area contributed by atoms with Gasteiger partial charge in [0.15, 0.2) is 0 Å². The molecule has 0 fully saturated rings. The number of carbonyl (C=O) groups is 1. The molecule has 2 rings (SSSR count). The van der Waals surface area contributed by atoms with E-state index >= 15 is 0 Å². The first kappa shape index (κ1) is 11.1. The zero-order valence-electron chi connectivity index (χ0n) is 8.88. The lowest BCUT2D eigenvalue weighted by Gasteiger charge is -2.03. The van der Waals surface area contributed by atoms with E-state index in [0.29, 0.717) is 5.69 Å². The van der Waals surface area contributed by atoms with Gasteiger partial charge in [-0.1, -0.05) is 12.1 Å². The normalized spacial score (nSPS) is 10.2. The number of nitrogens with two attached hydrogens (primary N) is 1. The summed E-state index contributed by atoms with van der Waals surface area (Å²) in [6.07, 6.45) is 1.60. The molecule has 0 radical (unpaired) electrons. The van der Waals surface area contributed by atoms with Crippen molar-refractivity contribution in [1.29, 1.82) is 0 Å². The van der Waals surface area contributed by atoms with Gasteiger partial charge in [-0.25, -0.2) is 20.3 Å². The lowest BCUT2D eigenvalue weighted by molar-refractivity contribution is -0.120. The van der Waals surface area contributed by atoms with Crippen LogP contribution in [0.3, 0.4) is 0 Å². The predicted octanol–water partition coefficient (Wildman–Crippen LogP) is -0.907. The highest BCUT2D eigenvalue weighted by Gasteiger charge is 2.03. The molecule has 2 aromatic rings. The summed E-state index contributed by atoms with van der Waals surface area (Å²) >= 11 is 0. The molecule has 0 saturated carbocycles. The molecule has 0 unspecified atom stereocenters. The van der Waals surface area contributed by atoms with Gasteiger partial charge in [0.25, 0.3) is 0 Å². The lowest BCUT2D eigenvalue weighted by atomic mass is 10.1. The number of amides is 1. The van der Waals surface area contributed by atoms with Crippen LogP contribution in [-0.4, -0.2) is 20.7 Å². The van der Waals surface area contributed by atoms with E-state index in [1.807, 2.05) is 0 Å². The van der Waals surface area contributed by atoms with Crippen LogP contribution in [-0.2, 0) is 11.2 Å². The second-order valence-electron chi connectivity index (χ2n) is 3.44. The molecule has 0 atom stereocenters. The lowest BCUT2D eigenvalue weighted by Crippen LogP contribution is -2.31. The fraction of sp³-hybridized carbons (Fsp3) is 0.100. The Morgan fingerprint density at radius 1 is 1.41 bits per heavy atom. The van der Waals surface area contributed by atoms with E-state index in [1.165, 1.54) is 10.9 Å². The highest BCUT2D eigenvalue weighted by Crippen LogP contribution is 2.07. The van der Waals surface area contributed by atoms with Crippen LogP contribution in [0.15, 0.2) is 35.4 Å². The Balaban J connectivity index is 2.22. The molecule has 7 nitrogen and oxygen atoms in total. The van der Waals surface area contributed by atoms with Crippen LogP contribution in [0.2, 0.25) is 0 Å². The SMILES string of the molecule is NNC(=O)Cc1ccc(-n2cn[nH]c2=O)cc1. The van der Waals surface area contributed by atoms with Gasteiger partial charge in [0.1, 0.15) is 6.33 Å². The molecule has 0 aliphatic carbocycles. The van der Waals surface area contributed by atoms with Crippen molar-refractivity contribution in [3.8, 4) is 5.69 Å². The molecule has 0 aliphatic rings. The number of aromatic nitrogens is 3. The quantitative estimate of drug-likeness (QED) is 0.362. The number of hydrogen-bond acceptors (Lipinski definition) is 4. The smallest absolute Gasteiger partial charge is 0.294 e. The number of rotatable bonds is 3. The van der Waals surface area contributed by atoms with Crippen LogP contribution in [0.5, 0.6) is 0 Å². The van der Waals surface area contributed by atoms with Crippen LogP contribution in [0.4, 0.5) is 0 Å². The largest absolute Gasteiger partial charge is 0.347 e. The Kier molecular flexibility index (Phi) is 3.01. The van der Waals surface area contributed by atoms with Crippen molar-refractivity contribution in [2.75, 3.05) is 0 Å². The van der Waals surface area contributed by atoms with Crippen LogP contribution in [0, 0.1) is 0 Å².